The van der Waals surface area contributed by atoms with Crippen LogP contribution < -0.4 is 5.73 Å². The Hall–Kier alpha value is -0.780. The van der Waals surface area contributed by atoms with Crippen LogP contribution in [-0.2, 0) is 0 Å². The number of aromatic nitrogens is 1. The van der Waals surface area contributed by atoms with Crippen molar-refractivity contribution in [2.75, 3.05) is 0 Å². The standard InChI is InChI=1S/C12H13BrN2OS/c1-8(14)12(10-3-2-6-16-10)17-11-5-4-9(13)7-15-11/h2-8,12H,14H2,1H3. The van der Waals surface area contributed by atoms with E-state index in [-0.39, 0.29) is 11.3 Å². The monoisotopic (exact) mass is 312 g/mol. The van der Waals surface area contributed by atoms with E-state index in [9.17, 15) is 0 Å². The van der Waals surface area contributed by atoms with Crippen molar-refractivity contribution in [1.29, 1.82) is 0 Å². The van der Waals surface area contributed by atoms with Crippen molar-refractivity contribution in [2.45, 2.75) is 23.2 Å². The van der Waals surface area contributed by atoms with E-state index in [2.05, 4.69) is 20.9 Å². The van der Waals surface area contributed by atoms with Crippen LogP contribution in [0.5, 0.6) is 0 Å². The van der Waals surface area contributed by atoms with E-state index in [1.54, 1.807) is 24.2 Å². The Kier molecular flexibility index (Phi) is 4.25. The molecule has 5 heteroatoms. The van der Waals surface area contributed by atoms with Crippen molar-refractivity contribution < 1.29 is 4.42 Å². The highest BCUT2D eigenvalue weighted by Crippen LogP contribution is 2.36. The lowest BCUT2D eigenvalue weighted by molar-refractivity contribution is 0.486. The van der Waals surface area contributed by atoms with Gasteiger partial charge in [0.25, 0.3) is 0 Å². The van der Waals surface area contributed by atoms with Crippen LogP contribution in [0.1, 0.15) is 17.9 Å². The van der Waals surface area contributed by atoms with Crippen molar-refractivity contribution in [2.24, 2.45) is 5.73 Å². The molecule has 0 saturated carbocycles. The Bertz CT molecular complexity index is 456. The average molecular weight is 313 g/mol. The largest absolute Gasteiger partial charge is 0.468 e. The molecule has 0 spiro atoms. The number of pyridine rings is 1. The Morgan fingerprint density at radius 1 is 1.41 bits per heavy atom. The van der Waals surface area contributed by atoms with Crippen LogP contribution in [0, 0.1) is 0 Å². The number of hydrogen-bond acceptors (Lipinski definition) is 4. The molecule has 2 aromatic heterocycles. The van der Waals surface area contributed by atoms with Crippen LogP contribution in [0.25, 0.3) is 0 Å². The molecule has 0 aliphatic heterocycles. The highest BCUT2D eigenvalue weighted by molar-refractivity contribution is 9.10. The highest BCUT2D eigenvalue weighted by atomic mass is 79.9. The van der Waals surface area contributed by atoms with Gasteiger partial charge in [-0.2, -0.15) is 0 Å². The van der Waals surface area contributed by atoms with E-state index in [4.69, 9.17) is 10.2 Å². The van der Waals surface area contributed by atoms with Crippen LogP contribution in [-0.4, -0.2) is 11.0 Å². The van der Waals surface area contributed by atoms with Crippen LogP contribution >= 0.6 is 27.7 Å². The molecular formula is C12H13BrN2OS. The van der Waals surface area contributed by atoms with E-state index in [1.807, 2.05) is 31.2 Å². The number of hydrogen-bond donors (Lipinski definition) is 1. The van der Waals surface area contributed by atoms with Gasteiger partial charge in [0.1, 0.15) is 5.76 Å². The molecule has 2 rings (SSSR count). The summed E-state index contributed by atoms with van der Waals surface area (Å²) in [4.78, 5) is 4.33. The number of thioether (sulfide) groups is 1. The second-order valence-corrected chi connectivity index (χ2v) is 5.81. The minimum Gasteiger partial charge on any atom is -0.468 e. The van der Waals surface area contributed by atoms with Gasteiger partial charge in [-0.15, -0.1) is 0 Å². The Morgan fingerprint density at radius 2 is 2.24 bits per heavy atom. The summed E-state index contributed by atoms with van der Waals surface area (Å²) < 4.78 is 6.38. The molecule has 0 fully saturated rings. The lowest BCUT2D eigenvalue weighted by atomic mass is 10.2. The molecule has 3 nitrogen and oxygen atoms in total. The second-order valence-electron chi connectivity index (χ2n) is 3.73. The number of rotatable bonds is 4. The van der Waals surface area contributed by atoms with Gasteiger partial charge in [0, 0.05) is 16.7 Å². The topological polar surface area (TPSA) is 52.0 Å². The summed E-state index contributed by atoms with van der Waals surface area (Å²) in [6, 6.07) is 7.75. The van der Waals surface area contributed by atoms with Gasteiger partial charge in [-0.1, -0.05) is 11.8 Å². The fourth-order valence-electron chi connectivity index (χ4n) is 1.44. The quantitative estimate of drug-likeness (QED) is 0.876. The Morgan fingerprint density at radius 3 is 2.76 bits per heavy atom. The first-order valence-corrected chi connectivity index (χ1v) is 6.91. The molecule has 2 heterocycles. The molecule has 2 N–H and O–H groups in total. The van der Waals surface area contributed by atoms with Gasteiger partial charge in [-0.3, -0.25) is 0 Å². The fourth-order valence-corrected chi connectivity index (χ4v) is 2.66. The van der Waals surface area contributed by atoms with Gasteiger partial charge in [-0.25, -0.2) is 4.98 Å². The molecule has 0 bridgehead atoms. The molecular weight excluding hydrogens is 300 g/mol. The first-order chi connectivity index (χ1) is 8.16. The SMILES string of the molecule is CC(N)C(Sc1ccc(Br)cn1)c1ccco1. The van der Waals surface area contributed by atoms with E-state index in [0.29, 0.717) is 0 Å². The lowest BCUT2D eigenvalue weighted by Gasteiger charge is -2.17. The molecule has 0 aliphatic rings. The zero-order chi connectivity index (χ0) is 12.3. The van der Waals surface area contributed by atoms with Gasteiger partial charge in [0.15, 0.2) is 0 Å². The van der Waals surface area contributed by atoms with E-state index >= 15 is 0 Å². The van der Waals surface area contributed by atoms with E-state index in [0.717, 1.165) is 15.3 Å². The summed E-state index contributed by atoms with van der Waals surface area (Å²) in [7, 11) is 0. The molecule has 2 atom stereocenters. The predicted octanol–water partition coefficient (Wildman–Crippen LogP) is 3.62. The van der Waals surface area contributed by atoms with Crippen molar-refractivity contribution in [3.05, 3.63) is 47.0 Å². The summed E-state index contributed by atoms with van der Waals surface area (Å²) in [6.45, 7) is 1.97. The van der Waals surface area contributed by atoms with Crippen LogP contribution in [0.3, 0.4) is 0 Å². The minimum atomic E-state index is -0.00315. The number of nitrogens with zero attached hydrogens (tertiary/aromatic N) is 1. The molecule has 0 amide bonds. The Labute approximate surface area is 113 Å². The van der Waals surface area contributed by atoms with E-state index < -0.39 is 0 Å². The smallest absolute Gasteiger partial charge is 0.118 e. The summed E-state index contributed by atoms with van der Waals surface area (Å²) in [5.41, 5.74) is 5.99. The van der Waals surface area contributed by atoms with Crippen LogP contribution in [0.4, 0.5) is 0 Å². The fraction of sp³-hybridized carbons (Fsp3) is 0.250. The summed E-state index contributed by atoms with van der Waals surface area (Å²) in [6.07, 6.45) is 3.45. The number of halogens is 1. The maximum absolute atomic E-state index is 5.99. The third kappa shape index (κ3) is 3.34. The lowest BCUT2D eigenvalue weighted by Crippen LogP contribution is -2.22. The third-order valence-corrected chi connectivity index (χ3v) is 4.12. The van der Waals surface area contributed by atoms with Gasteiger partial charge in [0.2, 0.25) is 0 Å². The maximum atomic E-state index is 5.99. The first kappa shape index (κ1) is 12.7. The van der Waals surface area contributed by atoms with E-state index in [1.165, 1.54) is 0 Å². The zero-order valence-corrected chi connectivity index (χ0v) is 11.7. The molecule has 2 aromatic rings. The summed E-state index contributed by atoms with van der Waals surface area (Å²) >= 11 is 4.98. The van der Waals surface area contributed by atoms with Gasteiger partial charge in [-0.05, 0) is 47.1 Å². The minimum absolute atomic E-state index is 0.00315. The van der Waals surface area contributed by atoms with Crippen molar-refractivity contribution in [3.8, 4) is 0 Å². The zero-order valence-electron chi connectivity index (χ0n) is 9.34. The summed E-state index contributed by atoms with van der Waals surface area (Å²) in [5, 5.41) is 1.02. The van der Waals surface area contributed by atoms with Crippen LogP contribution in [0.2, 0.25) is 0 Å². The molecule has 2 unspecified atom stereocenters. The Balaban J connectivity index is 2.16. The normalized spacial score (nSPS) is 14.5. The first-order valence-electron chi connectivity index (χ1n) is 5.24. The maximum Gasteiger partial charge on any atom is 0.118 e. The van der Waals surface area contributed by atoms with Gasteiger partial charge >= 0.3 is 0 Å². The van der Waals surface area contributed by atoms with Gasteiger partial charge < -0.3 is 10.2 Å². The third-order valence-electron chi connectivity index (χ3n) is 2.25. The van der Waals surface area contributed by atoms with Gasteiger partial charge in [0.05, 0.1) is 16.5 Å². The molecule has 0 saturated heterocycles. The molecule has 0 aromatic carbocycles. The second kappa shape index (κ2) is 5.71. The molecule has 0 radical (unpaired) electrons. The molecule has 0 aliphatic carbocycles. The number of nitrogens with two attached hydrogens (primary N) is 1. The number of furan rings is 1. The van der Waals surface area contributed by atoms with Crippen molar-refractivity contribution >= 4 is 27.7 Å². The summed E-state index contributed by atoms with van der Waals surface area (Å²) in [5.74, 6) is 0.884. The predicted molar refractivity (Wildman–Crippen MR) is 72.9 cm³/mol. The van der Waals surface area contributed by atoms with Crippen molar-refractivity contribution in [1.82, 2.24) is 4.98 Å². The van der Waals surface area contributed by atoms with Crippen molar-refractivity contribution in [3.63, 3.8) is 0 Å². The molecule has 17 heavy (non-hydrogen) atoms. The molecule has 90 valence electrons. The highest BCUT2D eigenvalue weighted by Gasteiger charge is 2.20. The van der Waals surface area contributed by atoms with Crippen LogP contribution in [0.15, 0.2) is 50.6 Å². The average Bonchev–Trinajstić information content (AvgIpc) is 2.81.